The highest BCUT2D eigenvalue weighted by molar-refractivity contribution is 5.78. The second-order valence-electron chi connectivity index (χ2n) is 5.52. The van der Waals surface area contributed by atoms with E-state index in [-0.39, 0.29) is 5.91 Å². The Morgan fingerprint density at radius 1 is 1.29 bits per heavy atom. The Bertz CT molecular complexity index is 237. The Hall–Kier alpha value is -0.610. The van der Waals surface area contributed by atoms with Gasteiger partial charge < -0.3 is 10.2 Å². The van der Waals surface area contributed by atoms with Crippen molar-refractivity contribution < 1.29 is 4.79 Å². The van der Waals surface area contributed by atoms with Crippen LogP contribution in [0.2, 0.25) is 0 Å². The average molecular weight is 241 g/mol. The van der Waals surface area contributed by atoms with Crippen LogP contribution in [0.15, 0.2) is 0 Å². The number of piperazine rings is 1. The highest BCUT2D eigenvalue weighted by Gasteiger charge is 2.20. The van der Waals surface area contributed by atoms with Crippen molar-refractivity contribution in [1.82, 2.24) is 15.1 Å². The molecule has 0 saturated carbocycles. The van der Waals surface area contributed by atoms with Gasteiger partial charge in [0.2, 0.25) is 5.91 Å². The molecule has 0 bridgehead atoms. The molecule has 1 rings (SSSR count). The molecule has 4 heteroatoms. The van der Waals surface area contributed by atoms with Crippen molar-refractivity contribution in [1.29, 1.82) is 0 Å². The van der Waals surface area contributed by atoms with Gasteiger partial charge >= 0.3 is 0 Å². The number of nitrogens with one attached hydrogen (secondary N) is 1. The van der Waals surface area contributed by atoms with E-state index < -0.39 is 0 Å². The molecule has 0 aromatic heterocycles. The van der Waals surface area contributed by atoms with Gasteiger partial charge in [-0.05, 0) is 26.3 Å². The fraction of sp³-hybridized carbons (Fsp3) is 0.923. The molecule has 1 saturated heterocycles. The monoisotopic (exact) mass is 241 g/mol. The van der Waals surface area contributed by atoms with Gasteiger partial charge in [-0.1, -0.05) is 13.8 Å². The van der Waals surface area contributed by atoms with E-state index in [2.05, 4.69) is 31.0 Å². The molecule has 1 aliphatic heterocycles. The van der Waals surface area contributed by atoms with Crippen LogP contribution < -0.4 is 5.32 Å². The van der Waals surface area contributed by atoms with E-state index in [1.54, 1.807) is 0 Å². The van der Waals surface area contributed by atoms with E-state index in [0.29, 0.717) is 18.5 Å². The van der Waals surface area contributed by atoms with E-state index in [1.165, 1.54) is 0 Å². The molecule has 1 atom stereocenters. The molecule has 0 radical (unpaired) electrons. The number of nitrogens with zero attached hydrogens (tertiary/aromatic N) is 2. The molecular weight excluding hydrogens is 214 g/mol. The molecule has 100 valence electrons. The third kappa shape index (κ3) is 5.04. The number of carbonyl (C=O) groups excluding carboxylic acids is 1. The zero-order valence-electron chi connectivity index (χ0n) is 11.7. The van der Waals surface area contributed by atoms with Crippen LogP contribution >= 0.6 is 0 Å². The SMILES string of the molecule is CC(C)CC(C)N(C)CC(=O)N1CCNCC1. The minimum atomic E-state index is 0.268. The fourth-order valence-electron chi connectivity index (χ4n) is 2.25. The van der Waals surface area contributed by atoms with E-state index in [4.69, 9.17) is 0 Å². The zero-order chi connectivity index (χ0) is 12.8. The number of likely N-dealkylation sites (N-methyl/N-ethyl adjacent to an activating group) is 1. The summed E-state index contributed by atoms with van der Waals surface area (Å²) in [5.41, 5.74) is 0. The molecule has 1 fully saturated rings. The van der Waals surface area contributed by atoms with Gasteiger partial charge in [0, 0.05) is 32.2 Å². The molecule has 1 aliphatic rings. The standard InChI is InChI=1S/C13H27N3O/c1-11(2)9-12(3)15(4)10-13(17)16-7-5-14-6-8-16/h11-12,14H,5-10H2,1-4H3. The number of amides is 1. The van der Waals surface area contributed by atoms with E-state index in [0.717, 1.165) is 32.6 Å². The Morgan fingerprint density at radius 3 is 2.41 bits per heavy atom. The minimum Gasteiger partial charge on any atom is -0.339 e. The molecule has 1 amide bonds. The van der Waals surface area contributed by atoms with Gasteiger partial charge in [0.15, 0.2) is 0 Å². The summed E-state index contributed by atoms with van der Waals surface area (Å²) < 4.78 is 0. The lowest BCUT2D eigenvalue weighted by Gasteiger charge is -2.31. The Labute approximate surface area is 105 Å². The first-order valence-electron chi connectivity index (χ1n) is 6.69. The first-order valence-corrected chi connectivity index (χ1v) is 6.69. The maximum absolute atomic E-state index is 12.1. The number of carbonyl (C=O) groups is 1. The lowest BCUT2D eigenvalue weighted by Crippen LogP contribution is -2.50. The summed E-state index contributed by atoms with van der Waals surface area (Å²) in [5, 5.41) is 3.26. The number of rotatable bonds is 5. The topological polar surface area (TPSA) is 35.6 Å². The van der Waals surface area contributed by atoms with Gasteiger partial charge in [0.05, 0.1) is 6.54 Å². The van der Waals surface area contributed by atoms with E-state index >= 15 is 0 Å². The molecular formula is C13H27N3O. The second kappa shape index (κ2) is 6.97. The zero-order valence-corrected chi connectivity index (χ0v) is 11.7. The Kier molecular flexibility index (Phi) is 5.92. The molecule has 0 aliphatic carbocycles. The molecule has 1 N–H and O–H groups in total. The second-order valence-corrected chi connectivity index (χ2v) is 5.52. The molecule has 0 aromatic rings. The molecule has 17 heavy (non-hydrogen) atoms. The molecule has 0 aromatic carbocycles. The van der Waals surface area contributed by atoms with Gasteiger partial charge in [0.25, 0.3) is 0 Å². The van der Waals surface area contributed by atoms with Crippen LogP contribution in [0.5, 0.6) is 0 Å². The van der Waals surface area contributed by atoms with Crippen LogP contribution in [0, 0.1) is 5.92 Å². The minimum absolute atomic E-state index is 0.268. The molecule has 1 heterocycles. The van der Waals surface area contributed by atoms with Gasteiger partial charge in [-0.3, -0.25) is 9.69 Å². The van der Waals surface area contributed by atoms with E-state index in [9.17, 15) is 4.79 Å². The summed E-state index contributed by atoms with van der Waals surface area (Å²) >= 11 is 0. The molecule has 4 nitrogen and oxygen atoms in total. The maximum atomic E-state index is 12.1. The first-order chi connectivity index (χ1) is 8.00. The van der Waals surface area contributed by atoms with Gasteiger partial charge in [-0.15, -0.1) is 0 Å². The summed E-state index contributed by atoms with van der Waals surface area (Å²) in [5.74, 6) is 0.950. The van der Waals surface area contributed by atoms with Gasteiger partial charge in [-0.25, -0.2) is 0 Å². The van der Waals surface area contributed by atoms with Crippen LogP contribution in [-0.2, 0) is 4.79 Å². The average Bonchev–Trinajstić information content (AvgIpc) is 2.29. The van der Waals surface area contributed by atoms with Crippen LogP contribution in [0.4, 0.5) is 0 Å². The summed E-state index contributed by atoms with van der Waals surface area (Å²) in [6, 6.07) is 0.474. The van der Waals surface area contributed by atoms with Crippen molar-refractivity contribution in [2.75, 3.05) is 39.8 Å². The predicted molar refractivity (Wildman–Crippen MR) is 71.0 cm³/mol. The van der Waals surface area contributed by atoms with Crippen molar-refractivity contribution in [3.8, 4) is 0 Å². The van der Waals surface area contributed by atoms with Crippen molar-refractivity contribution >= 4 is 5.91 Å². The van der Waals surface area contributed by atoms with Crippen molar-refractivity contribution in [3.05, 3.63) is 0 Å². The van der Waals surface area contributed by atoms with Crippen molar-refractivity contribution in [2.45, 2.75) is 33.2 Å². The maximum Gasteiger partial charge on any atom is 0.236 e. The third-order valence-corrected chi connectivity index (χ3v) is 3.42. The molecule has 1 unspecified atom stereocenters. The first kappa shape index (κ1) is 14.5. The normalized spacial score (nSPS) is 18.8. The number of hydrogen-bond acceptors (Lipinski definition) is 3. The quantitative estimate of drug-likeness (QED) is 0.773. The highest BCUT2D eigenvalue weighted by Crippen LogP contribution is 2.09. The summed E-state index contributed by atoms with van der Waals surface area (Å²) in [7, 11) is 2.05. The summed E-state index contributed by atoms with van der Waals surface area (Å²) in [6.07, 6.45) is 1.14. The lowest BCUT2D eigenvalue weighted by atomic mass is 10.0. The van der Waals surface area contributed by atoms with E-state index in [1.807, 2.05) is 11.9 Å². The Balaban J connectivity index is 2.33. The largest absolute Gasteiger partial charge is 0.339 e. The Morgan fingerprint density at radius 2 is 1.88 bits per heavy atom. The smallest absolute Gasteiger partial charge is 0.236 e. The van der Waals surface area contributed by atoms with Crippen molar-refractivity contribution in [2.24, 2.45) is 5.92 Å². The number of hydrogen-bond donors (Lipinski definition) is 1. The van der Waals surface area contributed by atoms with Crippen LogP contribution in [-0.4, -0.2) is 61.5 Å². The van der Waals surface area contributed by atoms with Crippen LogP contribution in [0.3, 0.4) is 0 Å². The summed E-state index contributed by atoms with van der Waals surface area (Å²) in [6.45, 7) is 10.8. The van der Waals surface area contributed by atoms with Crippen molar-refractivity contribution in [3.63, 3.8) is 0 Å². The third-order valence-electron chi connectivity index (χ3n) is 3.42. The summed E-state index contributed by atoms with van der Waals surface area (Å²) in [4.78, 5) is 16.2. The fourth-order valence-corrected chi connectivity index (χ4v) is 2.25. The lowest BCUT2D eigenvalue weighted by molar-refractivity contribution is -0.133. The van der Waals surface area contributed by atoms with Gasteiger partial charge in [-0.2, -0.15) is 0 Å². The van der Waals surface area contributed by atoms with Crippen LogP contribution in [0.1, 0.15) is 27.2 Å². The molecule has 0 spiro atoms. The van der Waals surface area contributed by atoms with Gasteiger partial charge in [0.1, 0.15) is 0 Å². The predicted octanol–water partition coefficient (Wildman–Crippen LogP) is 0.785. The van der Waals surface area contributed by atoms with Crippen LogP contribution in [0.25, 0.3) is 0 Å². The highest BCUT2D eigenvalue weighted by atomic mass is 16.2.